The van der Waals surface area contributed by atoms with Crippen LogP contribution in [0.2, 0.25) is 0 Å². The van der Waals surface area contributed by atoms with Gasteiger partial charge in [0.2, 0.25) is 17.6 Å². The summed E-state index contributed by atoms with van der Waals surface area (Å²) in [6, 6.07) is 2.13. The van der Waals surface area contributed by atoms with Crippen molar-refractivity contribution in [1.82, 2.24) is 20.4 Å². The summed E-state index contributed by atoms with van der Waals surface area (Å²) >= 11 is 0. The zero-order chi connectivity index (χ0) is 16.8. The van der Waals surface area contributed by atoms with Gasteiger partial charge in [-0.3, -0.25) is 4.79 Å². The first kappa shape index (κ1) is 19.5. The number of halogens is 1. The number of carbonyl (C=O) groups excluding carboxylic acids is 1. The summed E-state index contributed by atoms with van der Waals surface area (Å²) in [4.78, 5) is 19.0. The molecule has 1 N–H and O–H groups in total. The second-order valence-corrected chi connectivity index (χ2v) is 6.09. The van der Waals surface area contributed by atoms with Gasteiger partial charge in [0.05, 0.1) is 11.8 Å². The Morgan fingerprint density at radius 2 is 2.20 bits per heavy atom. The highest BCUT2D eigenvalue weighted by atomic mass is 35.5. The Hall–Kier alpha value is -1.86. The van der Waals surface area contributed by atoms with Gasteiger partial charge in [0.15, 0.2) is 0 Å². The van der Waals surface area contributed by atoms with Gasteiger partial charge < -0.3 is 19.2 Å². The van der Waals surface area contributed by atoms with Gasteiger partial charge in [-0.25, -0.2) is 0 Å². The van der Waals surface area contributed by atoms with Crippen LogP contribution in [0, 0.1) is 0 Å². The minimum Gasteiger partial charge on any atom is -0.472 e. The molecule has 0 unspecified atom stereocenters. The van der Waals surface area contributed by atoms with E-state index < -0.39 is 0 Å². The number of aromatic nitrogens is 2. The molecule has 0 saturated carbocycles. The predicted molar refractivity (Wildman–Crippen MR) is 95.5 cm³/mol. The predicted octanol–water partition coefficient (Wildman–Crippen LogP) is 2.67. The van der Waals surface area contributed by atoms with Crippen LogP contribution in [0.4, 0.5) is 0 Å². The molecule has 138 valence electrons. The zero-order valence-electron chi connectivity index (χ0n) is 14.4. The quantitative estimate of drug-likeness (QED) is 0.808. The molecule has 2 aromatic heterocycles. The van der Waals surface area contributed by atoms with Crippen molar-refractivity contribution < 1.29 is 13.7 Å². The van der Waals surface area contributed by atoms with Crippen molar-refractivity contribution >= 4 is 18.3 Å². The zero-order valence-corrected chi connectivity index (χ0v) is 15.3. The summed E-state index contributed by atoms with van der Waals surface area (Å²) < 4.78 is 10.3. The third-order valence-corrected chi connectivity index (χ3v) is 4.33. The maximum Gasteiger partial charge on any atom is 0.227 e. The second-order valence-electron chi connectivity index (χ2n) is 6.09. The van der Waals surface area contributed by atoms with Crippen molar-refractivity contribution in [2.45, 2.75) is 45.1 Å². The van der Waals surface area contributed by atoms with Crippen LogP contribution >= 0.6 is 12.4 Å². The first-order valence-corrected chi connectivity index (χ1v) is 8.63. The van der Waals surface area contributed by atoms with Crippen LogP contribution in [0.5, 0.6) is 0 Å². The smallest absolute Gasteiger partial charge is 0.227 e. The summed E-state index contributed by atoms with van der Waals surface area (Å²) in [6.07, 6.45) is 7.02. The van der Waals surface area contributed by atoms with E-state index in [-0.39, 0.29) is 18.3 Å². The summed E-state index contributed by atoms with van der Waals surface area (Å²) in [5.74, 6) is 1.16. The molecule has 0 atom stereocenters. The lowest BCUT2D eigenvalue weighted by atomic mass is 10.0. The normalized spacial score (nSPS) is 14.9. The van der Waals surface area contributed by atoms with Crippen molar-refractivity contribution in [3.63, 3.8) is 0 Å². The van der Waals surface area contributed by atoms with Gasteiger partial charge in [0.25, 0.3) is 0 Å². The number of carbonyl (C=O) groups is 1. The third-order valence-electron chi connectivity index (χ3n) is 4.33. The van der Waals surface area contributed by atoms with Crippen LogP contribution < -0.4 is 5.32 Å². The highest BCUT2D eigenvalue weighted by Crippen LogP contribution is 2.18. The lowest BCUT2D eigenvalue weighted by molar-refractivity contribution is -0.134. The molecule has 1 aliphatic rings. The summed E-state index contributed by atoms with van der Waals surface area (Å²) in [7, 11) is 0. The lowest BCUT2D eigenvalue weighted by Gasteiger charge is -2.34. The fraction of sp³-hybridized carbons (Fsp3) is 0.588. The van der Waals surface area contributed by atoms with E-state index in [0.29, 0.717) is 30.6 Å². The van der Waals surface area contributed by atoms with Crippen LogP contribution in [0.3, 0.4) is 0 Å². The van der Waals surface area contributed by atoms with Crippen molar-refractivity contribution in [1.29, 1.82) is 0 Å². The fourth-order valence-corrected chi connectivity index (χ4v) is 3.09. The van der Waals surface area contributed by atoms with E-state index in [1.54, 1.807) is 18.6 Å². The lowest BCUT2D eigenvalue weighted by Crippen LogP contribution is -2.46. The Morgan fingerprint density at radius 3 is 2.88 bits per heavy atom. The fourth-order valence-electron chi connectivity index (χ4n) is 3.09. The van der Waals surface area contributed by atoms with E-state index in [9.17, 15) is 4.79 Å². The van der Waals surface area contributed by atoms with Gasteiger partial charge >= 0.3 is 0 Å². The Bertz CT molecular complexity index is 638. The maximum atomic E-state index is 12.6. The van der Waals surface area contributed by atoms with Gasteiger partial charge in [-0.15, -0.1) is 12.4 Å². The maximum absolute atomic E-state index is 12.6. The number of rotatable bonds is 7. The minimum atomic E-state index is 0. The second kappa shape index (κ2) is 9.58. The van der Waals surface area contributed by atoms with Crippen molar-refractivity contribution in [2.24, 2.45) is 0 Å². The number of amides is 1. The average molecular weight is 369 g/mol. The SMILES string of the molecule is CCCN(C(=O)CCc1nc(-c2ccoc2)no1)C1CCNCC1.Cl. The van der Waals surface area contributed by atoms with Gasteiger partial charge in [-0.05, 0) is 38.4 Å². The Morgan fingerprint density at radius 1 is 1.40 bits per heavy atom. The van der Waals surface area contributed by atoms with Crippen LogP contribution in [-0.2, 0) is 11.2 Å². The molecule has 2 aromatic rings. The molecule has 0 spiro atoms. The standard InChI is InChI=1S/C17H24N4O3.ClH/c1-2-10-21(14-5-8-18-9-6-14)16(22)4-3-15-19-17(20-24-15)13-7-11-23-12-13;/h7,11-12,14,18H,2-6,8-10H2,1H3;1H. The molecule has 1 amide bonds. The molecule has 3 rings (SSSR count). The molecule has 7 nitrogen and oxygen atoms in total. The molecule has 1 fully saturated rings. The highest BCUT2D eigenvalue weighted by Gasteiger charge is 2.24. The molecule has 1 aliphatic heterocycles. The monoisotopic (exact) mass is 368 g/mol. The number of hydrogen-bond donors (Lipinski definition) is 1. The van der Waals surface area contributed by atoms with Gasteiger partial charge in [-0.2, -0.15) is 4.98 Å². The van der Waals surface area contributed by atoms with Gasteiger partial charge in [0, 0.05) is 25.4 Å². The van der Waals surface area contributed by atoms with Crippen molar-refractivity contribution in [3.8, 4) is 11.4 Å². The van der Waals surface area contributed by atoms with E-state index in [1.807, 2.05) is 4.90 Å². The molecule has 3 heterocycles. The van der Waals surface area contributed by atoms with E-state index in [1.165, 1.54) is 0 Å². The first-order chi connectivity index (χ1) is 11.8. The van der Waals surface area contributed by atoms with Crippen molar-refractivity contribution in [3.05, 3.63) is 24.5 Å². The molecular weight excluding hydrogens is 344 g/mol. The molecular formula is C17H25ClN4O3. The first-order valence-electron chi connectivity index (χ1n) is 8.63. The van der Waals surface area contributed by atoms with E-state index in [4.69, 9.17) is 8.94 Å². The number of furan rings is 1. The molecule has 0 bridgehead atoms. The van der Waals surface area contributed by atoms with E-state index in [0.717, 1.165) is 44.5 Å². The number of nitrogens with zero attached hydrogens (tertiary/aromatic N) is 3. The van der Waals surface area contributed by atoms with Gasteiger partial charge in [-0.1, -0.05) is 12.1 Å². The van der Waals surface area contributed by atoms with Crippen LogP contribution in [0.25, 0.3) is 11.4 Å². The Kier molecular flexibility index (Phi) is 7.46. The van der Waals surface area contributed by atoms with Crippen LogP contribution in [-0.4, -0.2) is 46.6 Å². The Labute approximate surface area is 153 Å². The van der Waals surface area contributed by atoms with E-state index >= 15 is 0 Å². The minimum absolute atomic E-state index is 0. The molecule has 8 heteroatoms. The molecule has 0 aliphatic carbocycles. The summed E-state index contributed by atoms with van der Waals surface area (Å²) in [6.45, 7) is 4.88. The topological polar surface area (TPSA) is 84.4 Å². The Balaban J connectivity index is 0.00000225. The average Bonchev–Trinajstić information content (AvgIpc) is 3.29. The largest absolute Gasteiger partial charge is 0.472 e. The van der Waals surface area contributed by atoms with Gasteiger partial charge in [0.1, 0.15) is 6.26 Å². The van der Waals surface area contributed by atoms with E-state index in [2.05, 4.69) is 22.4 Å². The van der Waals surface area contributed by atoms with Crippen LogP contribution in [0.1, 0.15) is 38.5 Å². The summed E-state index contributed by atoms with van der Waals surface area (Å²) in [5.41, 5.74) is 0.777. The summed E-state index contributed by atoms with van der Waals surface area (Å²) in [5, 5.41) is 7.27. The number of piperidine rings is 1. The number of aryl methyl sites for hydroxylation is 1. The molecule has 0 aromatic carbocycles. The van der Waals surface area contributed by atoms with Crippen molar-refractivity contribution in [2.75, 3.05) is 19.6 Å². The third kappa shape index (κ3) is 5.06. The molecule has 0 radical (unpaired) electrons. The molecule has 25 heavy (non-hydrogen) atoms. The highest BCUT2D eigenvalue weighted by molar-refractivity contribution is 5.85. The molecule has 1 saturated heterocycles. The number of nitrogens with one attached hydrogen (secondary N) is 1. The van der Waals surface area contributed by atoms with Crippen LogP contribution in [0.15, 0.2) is 27.5 Å². The number of hydrogen-bond acceptors (Lipinski definition) is 6.